The van der Waals surface area contributed by atoms with Crippen LogP contribution in [0.3, 0.4) is 0 Å². The molecule has 152 valence electrons. The molecule has 0 fully saturated rings. The third kappa shape index (κ3) is 3.28. The molecule has 0 bridgehead atoms. The molecule has 0 saturated carbocycles. The van der Waals surface area contributed by atoms with E-state index in [1.807, 2.05) is 0 Å². The van der Waals surface area contributed by atoms with E-state index in [1.165, 1.54) is 19.2 Å². The summed E-state index contributed by atoms with van der Waals surface area (Å²) < 4.78 is 34.5. The monoisotopic (exact) mass is 411 g/mol. The summed E-state index contributed by atoms with van der Waals surface area (Å²) in [7, 11) is 3.28. The van der Waals surface area contributed by atoms with Crippen molar-refractivity contribution in [3.05, 3.63) is 70.7 Å². The van der Waals surface area contributed by atoms with Crippen LogP contribution in [0.25, 0.3) is 22.0 Å². The Kier molecular flexibility index (Phi) is 4.74. The highest BCUT2D eigenvalue weighted by molar-refractivity contribution is 6.01. The Bertz CT molecular complexity index is 1290. The summed E-state index contributed by atoms with van der Waals surface area (Å²) >= 11 is 0. The van der Waals surface area contributed by atoms with Gasteiger partial charge in [-0.15, -0.1) is 0 Å². The smallest absolute Gasteiger partial charge is 0.288 e. The fraction of sp³-hybridized carbons (Fsp3) is 0.100. The van der Waals surface area contributed by atoms with Gasteiger partial charge >= 0.3 is 0 Å². The van der Waals surface area contributed by atoms with Gasteiger partial charge in [0.1, 0.15) is 29.2 Å². The number of aromatic nitrogens is 3. The van der Waals surface area contributed by atoms with Crippen molar-refractivity contribution < 1.29 is 18.4 Å². The van der Waals surface area contributed by atoms with Crippen LogP contribution < -0.4 is 10.1 Å². The van der Waals surface area contributed by atoms with E-state index in [-0.39, 0.29) is 17.2 Å². The van der Waals surface area contributed by atoms with Crippen LogP contribution >= 0.6 is 0 Å². The second-order valence-electron chi connectivity index (χ2n) is 6.47. The zero-order chi connectivity index (χ0) is 21.4. The normalized spacial score (nSPS) is 10.9. The first-order valence-corrected chi connectivity index (χ1v) is 8.74. The Morgan fingerprint density at radius 2 is 1.97 bits per heavy atom. The number of methoxy groups -OCH3 is 1. The number of benzene rings is 1. The minimum atomic E-state index is -0.815. The summed E-state index contributed by atoms with van der Waals surface area (Å²) in [5, 5.41) is 14.8. The molecular weight excluding hydrogens is 396 g/mol. The number of anilines is 2. The topological polar surface area (TPSA) is 95.1 Å². The molecule has 0 amide bonds. The largest absolute Gasteiger partial charge is 0.479 e. The van der Waals surface area contributed by atoms with Gasteiger partial charge in [0, 0.05) is 48.1 Å². The number of rotatable bonds is 5. The van der Waals surface area contributed by atoms with Crippen molar-refractivity contribution >= 4 is 28.1 Å². The highest BCUT2D eigenvalue weighted by Crippen LogP contribution is 2.39. The average Bonchev–Trinajstić information content (AvgIpc) is 3.07. The van der Waals surface area contributed by atoms with Gasteiger partial charge < -0.3 is 14.6 Å². The van der Waals surface area contributed by atoms with Crippen LogP contribution in [0.4, 0.5) is 26.0 Å². The van der Waals surface area contributed by atoms with E-state index in [1.54, 1.807) is 30.1 Å². The lowest BCUT2D eigenvalue weighted by Crippen LogP contribution is -2.00. The van der Waals surface area contributed by atoms with Crippen LogP contribution in [0, 0.1) is 21.7 Å². The molecule has 1 aromatic carbocycles. The standard InChI is InChI=1S/C20H15F2N5O3/c1-26-10-15(13-5-6-23-20(30-2)18(13)26)14-8-12(27(28)29)9-24-19(14)25-17-4-3-11(21)7-16(17)22/h3-10H,1-2H3,(H,24,25). The maximum atomic E-state index is 14.2. The summed E-state index contributed by atoms with van der Waals surface area (Å²) in [5.74, 6) is -0.971. The predicted molar refractivity (Wildman–Crippen MR) is 107 cm³/mol. The van der Waals surface area contributed by atoms with E-state index >= 15 is 0 Å². The minimum Gasteiger partial charge on any atom is -0.479 e. The summed E-state index contributed by atoms with van der Waals surface area (Å²) in [4.78, 5) is 19.1. The summed E-state index contributed by atoms with van der Waals surface area (Å²) in [6, 6.07) is 6.16. The van der Waals surface area contributed by atoms with Gasteiger partial charge in [0.05, 0.1) is 17.7 Å². The molecule has 1 N–H and O–H groups in total. The number of nitro groups is 1. The van der Waals surface area contributed by atoms with Gasteiger partial charge in [0.15, 0.2) is 0 Å². The van der Waals surface area contributed by atoms with Gasteiger partial charge in [0.25, 0.3) is 5.69 Å². The number of hydrogen-bond acceptors (Lipinski definition) is 6. The van der Waals surface area contributed by atoms with Gasteiger partial charge in [-0.25, -0.2) is 18.7 Å². The van der Waals surface area contributed by atoms with Crippen molar-refractivity contribution in [2.45, 2.75) is 0 Å². The van der Waals surface area contributed by atoms with Crippen molar-refractivity contribution in [3.8, 4) is 17.0 Å². The minimum absolute atomic E-state index is 0.0153. The Morgan fingerprint density at radius 1 is 1.17 bits per heavy atom. The van der Waals surface area contributed by atoms with Gasteiger partial charge in [-0.1, -0.05) is 0 Å². The summed E-state index contributed by atoms with van der Waals surface area (Å²) in [6.07, 6.45) is 4.38. The van der Waals surface area contributed by atoms with Crippen molar-refractivity contribution in [1.82, 2.24) is 14.5 Å². The Balaban J connectivity index is 1.93. The molecule has 0 radical (unpaired) electrons. The van der Waals surface area contributed by atoms with Crippen molar-refractivity contribution in [3.63, 3.8) is 0 Å². The number of nitrogens with zero attached hydrogens (tertiary/aromatic N) is 4. The van der Waals surface area contributed by atoms with Crippen molar-refractivity contribution in [2.24, 2.45) is 7.05 Å². The maximum Gasteiger partial charge on any atom is 0.288 e. The Hall–Kier alpha value is -4.08. The zero-order valence-electron chi connectivity index (χ0n) is 15.9. The fourth-order valence-electron chi connectivity index (χ4n) is 3.26. The number of aryl methyl sites for hydroxylation is 1. The maximum absolute atomic E-state index is 14.2. The molecule has 0 saturated heterocycles. The number of nitrogens with one attached hydrogen (secondary N) is 1. The fourth-order valence-corrected chi connectivity index (χ4v) is 3.26. The second-order valence-corrected chi connectivity index (χ2v) is 6.47. The first-order valence-electron chi connectivity index (χ1n) is 8.74. The first-order chi connectivity index (χ1) is 14.4. The Morgan fingerprint density at radius 3 is 2.67 bits per heavy atom. The molecule has 0 atom stereocenters. The van der Waals surface area contributed by atoms with E-state index in [2.05, 4.69) is 15.3 Å². The summed E-state index contributed by atoms with van der Waals surface area (Å²) in [6.45, 7) is 0. The molecule has 3 heterocycles. The van der Waals surface area contributed by atoms with E-state index < -0.39 is 16.6 Å². The van der Waals surface area contributed by atoms with E-state index in [0.717, 1.165) is 18.3 Å². The quantitative estimate of drug-likeness (QED) is 0.382. The molecule has 0 aliphatic heterocycles. The van der Waals surface area contributed by atoms with Gasteiger partial charge in [-0.2, -0.15) is 0 Å². The van der Waals surface area contributed by atoms with Crippen LogP contribution in [-0.2, 0) is 7.05 Å². The highest BCUT2D eigenvalue weighted by Gasteiger charge is 2.20. The molecule has 30 heavy (non-hydrogen) atoms. The molecule has 10 heteroatoms. The van der Waals surface area contributed by atoms with Gasteiger partial charge in [-0.05, 0) is 18.2 Å². The van der Waals surface area contributed by atoms with Crippen LogP contribution in [0.5, 0.6) is 5.88 Å². The Labute approximate surface area is 168 Å². The zero-order valence-corrected chi connectivity index (χ0v) is 15.9. The SMILES string of the molecule is COc1nccc2c(-c3cc([N+](=O)[O-])cnc3Nc3ccc(F)cc3F)cn(C)c12. The first kappa shape index (κ1) is 19.2. The number of fused-ring (bicyclic) bond motifs is 1. The molecule has 8 nitrogen and oxygen atoms in total. The molecule has 3 aromatic heterocycles. The van der Waals surface area contributed by atoms with Crippen molar-refractivity contribution in [1.29, 1.82) is 0 Å². The highest BCUT2D eigenvalue weighted by atomic mass is 19.1. The summed E-state index contributed by atoms with van der Waals surface area (Å²) in [5.41, 5.74) is 1.41. The average molecular weight is 411 g/mol. The van der Waals surface area contributed by atoms with Crippen LogP contribution in [-0.4, -0.2) is 26.6 Å². The van der Waals surface area contributed by atoms with E-state index in [0.29, 0.717) is 27.9 Å². The molecular formula is C20H15F2N5O3. The van der Waals surface area contributed by atoms with Crippen molar-refractivity contribution in [2.75, 3.05) is 12.4 Å². The lowest BCUT2D eigenvalue weighted by molar-refractivity contribution is -0.385. The molecule has 0 unspecified atom stereocenters. The molecule has 0 aliphatic carbocycles. The van der Waals surface area contributed by atoms with E-state index in [9.17, 15) is 18.9 Å². The third-order valence-electron chi connectivity index (χ3n) is 4.61. The van der Waals surface area contributed by atoms with Gasteiger partial charge in [-0.3, -0.25) is 10.1 Å². The lowest BCUT2D eigenvalue weighted by atomic mass is 10.1. The van der Waals surface area contributed by atoms with Crippen LogP contribution in [0.15, 0.2) is 48.9 Å². The number of pyridine rings is 2. The number of halogens is 2. The third-order valence-corrected chi connectivity index (χ3v) is 4.61. The predicted octanol–water partition coefficient (Wildman–Crippen LogP) is 4.57. The number of hydrogen-bond donors (Lipinski definition) is 1. The number of ether oxygens (including phenoxy) is 1. The van der Waals surface area contributed by atoms with E-state index in [4.69, 9.17) is 4.74 Å². The molecule has 4 aromatic rings. The molecule has 4 rings (SSSR count). The van der Waals surface area contributed by atoms with Crippen LogP contribution in [0.1, 0.15) is 0 Å². The lowest BCUT2D eigenvalue weighted by Gasteiger charge is -2.11. The second kappa shape index (κ2) is 7.39. The molecule has 0 aliphatic rings. The van der Waals surface area contributed by atoms with Gasteiger partial charge in [0.2, 0.25) is 5.88 Å². The molecule has 0 spiro atoms. The van der Waals surface area contributed by atoms with Crippen LogP contribution in [0.2, 0.25) is 0 Å².